The fourth-order valence-electron chi connectivity index (χ4n) is 0.947. The Labute approximate surface area is 94.0 Å². The minimum absolute atomic E-state index is 0.0160. The van der Waals surface area contributed by atoms with E-state index in [0.717, 1.165) is 0 Å². The van der Waals surface area contributed by atoms with Crippen molar-refractivity contribution < 1.29 is 9.29 Å². The van der Waals surface area contributed by atoms with Gasteiger partial charge >= 0.3 is 0 Å². The quantitative estimate of drug-likeness (QED) is 0.324. The molecule has 0 rings (SSSR count). The van der Waals surface area contributed by atoms with E-state index in [0.29, 0.717) is 11.4 Å². The molecule has 0 aromatic rings. The fraction of sp³-hybridized carbons (Fsp3) is 1.00. The molecule has 15 heavy (non-hydrogen) atoms. The molecule has 0 aromatic heterocycles. The Kier molecular flexibility index (Phi) is 4.93. The predicted octanol–water partition coefficient (Wildman–Crippen LogP) is 2.99. The van der Waals surface area contributed by atoms with Crippen molar-refractivity contribution in [1.82, 2.24) is 0 Å². The van der Waals surface area contributed by atoms with Crippen molar-refractivity contribution >= 4 is 8.32 Å². The topological polar surface area (TPSA) is 47.7 Å². The first-order valence-corrected chi connectivity index (χ1v) is 8.23. The van der Waals surface area contributed by atoms with Gasteiger partial charge in [0.25, 0.3) is 0 Å². The van der Waals surface area contributed by atoms with Gasteiger partial charge in [-0.2, -0.15) is 0 Å². The van der Waals surface area contributed by atoms with Crippen molar-refractivity contribution in [3.8, 4) is 0 Å². The standard InChI is InChI=1S/C10H24N2O2Si/c1-9(8-11-12(5)13)14-15(6,7)10(2,3)4/h9H,8H2,1-7H3. The van der Waals surface area contributed by atoms with Gasteiger partial charge in [0.05, 0.1) is 6.10 Å². The summed E-state index contributed by atoms with van der Waals surface area (Å²) in [4.78, 5) is 0.589. The second kappa shape index (κ2) is 5.07. The lowest BCUT2D eigenvalue weighted by atomic mass is 10.2. The van der Waals surface area contributed by atoms with E-state index in [9.17, 15) is 5.21 Å². The molecule has 0 aromatic carbocycles. The number of hydroxylamine groups is 1. The normalized spacial score (nSPS) is 16.6. The zero-order valence-corrected chi connectivity index (χ0v) is 12.0. The maximum Gasteiger partial charge on any atom is 0.192 e. The maximum atomic E-state index is 10.6. The van der Waals surface area contributed by atoms with E-state index in [-0.39, 0.29) is 11.1 Å². The average Bonchev–Trinajstić information content (AvgIpc) is 1.97. The Bertz CT molecular complexity index is 230. The lowest BCUT2D eigenvalue weighted by Crippen LogP contribution is -2.44. The van der Waals surface area contributed by atoms with E-state index in [1.165, 1.54) is 7.05 Å². The summed E-state index contributed by atoms with van der Waals surface area (Å²) in [5.41, 5.74) is 0. The summed E-state index contributed by atoms with van der Waals surface area (Å²) in [5.74, 6) is 0. The van der Waals surface area contributed by atoms with Crippen molar-refractivity contribution in [3.05, 3.63) is 5.21 Å². The molecule has 1 unspecified atom stereocenters. The Balaban J connectivity index is 4.29. The van der Waals surface area contributed by atoms with Gasteiger partial charge in [-0.1, -0.05) is 20.8 Å². The van der Waals surface area contributed by atoms with Gasteiger partial charge in [-0.05, 0) is 30.2 Å². The molecule has 0 aliphatic carbocycles. The summed E-state index contributed by atoms with van der Waals surface area (Å²) >= 11 is 0. The van der Waals surface area contributed by atoms with Crippen molar-refractivity contribution in [1.29, 1.82) is 0 Å². The molecule has 0 saturated heterocycles. The minimum Gasteiger partial charge on any atom is -0.600 e. The lowest BCUT2D eigenvalue weighted by molar-refractivity contribution is -0.500. The van der Waals surface area contributed by atoms with E-state index in [4.69, 9.17) is 4.43 Å². The SMILES string of the molecule is CC(CN=[N+](C)[O-])O[Si](C)(C)C(C)(C)C. The van der Waals surface area contributed by atoms with Gasteiger partial charge in [-0.15, -0.1) is 4.86 Å². The number of nitrogens with zero attached hydrogens (tertiary/aromatic N) is 2. The van der Waals surface area contributed by atoms with E-state index < -0.39 is 8.32 Å². The van der Waals surface area contributed by atoms with Crippen LogP contribution >= 0.6 is 0 Å². The summed E-state index contributed by atoms with van der Waals surface area (Å²) in [6.45, 7) is 13.4. The third kappa shape index (κ3) is 5.27. The number of azo groups is 1. The largest absolute Gasteiger partial charge is 0.600 e. The van der Waals surface area contributed by atoms with Crippen LogP contribution in [-0.4, -0.2) is 32.9 Å². The Hall–Kier alpha value is -0.423. The van der Waals surface area contributed by atoms with Crippen LogP contribution < -0.4 is 0 Å². The highest BCUT2D eigenvalue weighted by Gasteiger charge is 2.38. The highest BCUT2D eigenvalue weighted by atomic mass is 28.4. The van der Waals surface area contributed by atoms with E-state index in [1.807, 2.05) is 6.92 Å². The van der Waals surface area contributed by atoms with Crippen LogP contribution in [0.4, 0.5) is 0 Å². The maximum absolute atomic E-state index is 10.6. The molecular weight excluding hydrogens is 208 g/mol. The zero-order valence-electron chi connectivity index (χ0n) is 11.0. The molecule has 0 saturated carbocycles. The third-order valence-electron chi connectivity index (χ3n) is 2.84. The van der Waals surface area contributed by atoms with Crippen LogP contribution in [0.1, 0.15) is 27.7 Å². The predicted molar refractivity (Wildman–Crippen MR) is 64.6 cm³/mol. The molecule has 0 heterocycles. The molecule has 0 amide bonds. The molecular formula is C10H24N2O2Si. The summed E-state index contributed by atoms with van der Waals surface area (Å²) in [7, 11) is -0.333. The van der Waals surface area contributed by atoms with Crippen molar-refractivity contribution in [2.75, 3.05) is 13.6 Å². The minimum atomic E-state index is -1.72. The van der Waals surface area contributed by atoms with E-state index in [2.05, 4.69) is 39.0 Å². The Morgan fingerprint density at radius 2 is 1.87 bits per heavy atom. The fourth-order valence-corrected chi connectivity index (χ4v) is 2.38. The first-order chi connectivity index (χ1) is 6.56. The molecule has 0 N–H and O–H groups in total. The monoisotopic (exact) mass is 232 g/mol. The zero-order chi connectivity index (χ0) is 12.3. The van der Waals surface area contributed by atoms with Gasteiger partial charge in [-0.3, -0.25) is 0 Å². The second-order valence-corrected chi connectivity index (χ2v) is 10.2. The molecule has 0 aliphatic heterocycles. The molecule has 0 aliphatic rings. The van der Waals surface area contributed by atoms with Crippen LogP contribution in [0, 0.1) is 5.21 Å². The van der Waals surface area contributed by atoms with Crippen LogP contribution in [0.25, 0.3) is 0 Å². The third-order valence-corrected chi connectivity index (χ3v) is 7.44. The van der Waals surface area contributed by atoms with Gasteiger partial charge in [0, 0.05) is 0 Å². The van der Waals surface area contributed by atoms with E-state index >= 15 is 0 Å². The van der Waals surface area contributed by atoms with E-state index in [1.54, 1.807) is 0 Å². The summed E-state index contributed by atoms with van der Waals surface area (Å²) in [6.07, 6.45) is 0.0160. The smallest absolute Gasteiger partial charge is 0.192 e. The molecule has 90 valence electrons. The first-order valence-electron chi connectivity index (χ1n) is 5.32. The van der Waals surface area contributed by atoms with Crippen LogP contribution in [0.5, 0.6) is 0 Å². The molecule has 0 spiro atoms. The number of rotatable bonds is 4. The number of hydrogen-bond acceptors (Lipinski definition) is 3. The molecule has 0 bridgehead atoms. The van der Waals surface area contributed by atoms with Crippen molar-refractivity contribution in [2.45, 2.75) is 51.9 Å². The van der Waals surface area contributed by atoms with Crippen LogP contribution in [0.2, 0.25) is 18.1 Å². The molecule has 1 atom stereocenters. The Morgan fingerprint density at radius 1 is 1.40 bits per heavy atom. The highest BCUT2D eigenvalue weighted by molar-refractivity contribution is 6.74. The summed E-state index contributed by atoms with van der Waals surface area (Å²) in [6, 6.07) is 0. The van der Waals surface area contributed by atoms with Crippen molar-refractivity contribution in [3.63, 3.8) is 0 Å². The Morgan fingerprint density at radius 3 is 2.20 bits per heavy atom. The van der Waals surface area contributed by atoms with Crippen molar-refractivity contribution in [2.24, 2.45) is 5.11 Å². The van der Waals surface area contributed by atoms with Crippen LogP contribution in [0.15, 0.2) is 5.11 Å². The molecule has 0 fully saturated rings. The average molecular weight is 232 g/mol. The van der Waals surface area contributed by atoms with Gasteiger partial charge in [-0.25, -0.2) is 0 Å². The van der Waals surface area contributed by atoms with Gasteiger partial charge in [0.2, 0.25) is 0 Å². The lowest BCUT2D eigenvalue weighted by Gasteiger charge is -2.37. The van der Waals surface area contributed by atoms with Gasteiger partial charge < -0.3 is 9.63 Å². The summed E-state index contributed by atoms with van der Waals surface area (Å²) < 4.78 is 6.03. The number of hydrogen-bond donors (Lipinski definition) is 0. The van der Waals surface area contributed by atoms with Crippen LogP contribution in [-0.2, 0) is 4.43 Å². The van der Waals surface area contributed by atoms with Gasteiger partial charge in [0.1, 0.15) is 6.54 Å². The molecule has 5 heteroatoms. The molecule has 0 radical (unpaired) electrons. The van der Waals surface area contributed by atoms with Gasteiger partial charge in [0.15, 0.2) is 15.4 Å². The highest BCUT2D eigenvalue weighted by Crippen LogP contribution is 2.37. The summed E-state index contributed by atoms with van der Waals surface area (Å²) in [5, 5.41) is 14.6. The van der Waals surface area contributed by atoms with Crippen LogP contribution in [0.3, 0.4) is 0 Å². The first kappa shape index (κ1) is 14.6. The second-order valence-electron chi connectivity index (χ2n) is 5.48. The molecule has 4 nitrogen and oxygen atoms in total.